The van der Waals surface area contributed by atoms with Gasteiger partial charge in [0.25, 0.3) is 0 Å². The molecule has 0 radical (unpaired) electrons. The molecule has 0 saturated heterocycles. The van der Waals surface area contributed by atoms with Crippen LogP contribution in [0.5, 0.6) is 0 Å². The van der Waals surface area contributed by atoms with Gasteiger partial charge in [0, 0.05) is 19.3 Å². The molecule has 6 heteroatoms. The summed E-state index contributed by atoms with van der Waals surface area (Å²) in [6.45, 7) is 13.7. The molecule has 1 atom stereocenters. The van der Waals surface area contributed by atoms with Crippen molar-refractivity contribution in [2.45, 2.75) is 304 Å². The quantitative estimate of drug-likeness (QED) is 0.0344. The standard InChI is InChI=1S/C55H106O6/c1-49(2)41-35-29-23-19-15-11-7-9-13-17-21-25-32-38-44-53(56)59-47-52(48-60-54(57)45-39-33-28-27-31-37-43-51(5)6)61-55(58)46-40-34-26-22-18-14-10-8-12-16-20-24-30-36-42-50(3)4/h49-52H,7-48H2,1-6H3/t52-/m1/s1. The van der Waals surface area contributed by atoms with E-state index in [1.807, 2.05) is 0 Å². The number of unbranched alkanes of at least 4 members (excludes halogenated alkanes) is 31. The van der Waals surface area contributed by atoms with Gasteiger partial charge in [-0.1, -0.05) is 260 Å². The van der Waals surface area contributed by atoms with Crippen LogP contribution in [0.2, 0.25) is 0 Å². The molecule has 0 spiro atoms. The molecule has 0 N–H and O–H groups in total. The Balaban J connectivity index is 4.25. The molecule has 0 rings (SSSR count). The van der Waals surface area contributed by atoms with Crippen molar-refractivity contribution in [2.75, 3.05) is 13.2 Å². The predicted octanol–water partition coefficient (Wildman–Crippen LogP) is 17.6. The maximum Gasteiger partial charge on any atom is 0.306 e. The zero-order chi connectivity index (χ0) is 44.9. The van der Waals surface area contributed by atoms with Crippen molar-refractivity contribution < 1.29 is 28.6 Å². The van der Waals surface area contributed by atoms with E-state index in [2.05, 4.69) is 41.5 Å². The van der Waals surface area contributed by atoms with Crippen LogP contribution in [-0.4, -0.2) is 37.2 Å². The number of ether oxygens (including phenoxy) is 3. The van der Waals surface area contributed by atoms with Crippen molar-refractivity contribution in [3.63, 3.8) is 0 Å². The molecule has 0 amide bonds. The fourth-order valence-corrected chi connectivity index (χ4v) is 8.29. The third kappa shape index (κ3) is 49.3. The van der Waals surface area contributed by atoms with Gasteiger partial charge in [0.1, 0.15) is 13.2 Å². The third-order valence-corrected chi connectivity index (χ3v) is 12.4. The molecule has 0 aliphatic heterocycles. The Bertz CT molecular complexity index is 945. The van der Waals surface area contributed by atoms with E-state index in [9.17, 15) is 14.4 Å². The molecule has 0 saturated carbocycles. The fourth-order valence-electron chi connectivity index (χ4n) is 8.29. The van der Waals surface area contributed by atoms with Crippen LogP contribution in [0.4, 0.5) is 0 Å². The highest BCUT2D eigenvalue weighted by Crippen LogP contribution is 2.18. The second-order valence-electron chi connectivity index (χ2n) is 20.3. The van der Waals surface area contributed by atoms with Crippen molar-refractivity contribution in [1.82, 2.24) is 0 Å². The predicted molar refractivity (Wildman–Crippen MR) is 261 cm³/mol. The molecular formula is C55H106O6. The Hall–Kier alpha value is -1.59. The van der Waals surface area contributed by atoms with Crippen molar-refractivity contribution >= 4 is 17.9 Å². The summed E-state index contributed by atoms with van der Waals surface area (Å²) in [6, 6.07) is 0. The van der Waals surface area contributed by atoms with Crippen LogP contribution >= 0.6 is 0 Å². The molecular weight excluding hydrogens is 757 g/mol. The molecule has 0 heterocycles. The lowest BCUT2D eigenvalue weighted by Gasteiger charge is -2.18. The molecule has 0 unspecified atom stereocenters. The first kappa shape index (κ1) is 59.4. The Morgan fingerprint density at radius 2 is 0.475 bits per heavy atom. The summed E-state index contributed by atoms with van der Waals surface area (Å²) in [7, 11) is 0. The molecule has 0 aliphatic rings. The maximum atomic E-state index is 12.8. The van der Waals surface area contributed by atoms with Crippen LogP contribution in [0, 0.1) is 17.8 Å². The highest BCUT2D eigenvalue weighted by Gasteiger charge is 2.19. The van der Waals surface area contributed by atoms with Crippen LogP contribution in [-0.2, 0) is 28.6 Å². The second-order valence-corrected chi connectivity index (χ2v) is 20.3. The van der Waals surface area contributed by atoms with E-state index in [4.69, 9.17) is 14.2 Å². The first-order valence-electron chi connectivity index (χ1n) is 27.1. The average Bonchev–Trinajstić information content (AvgIpc) is 3.22. The average molecular weight is 863 g/mol. The van der Waals surface area contributed by atoms with E-state index in [0.717, 1.165) is 75.5 Å². The molecule has 61 heavy (non-hydrogen) atoms. The molecule has 0 aromatic rings. The Kier molecular flexibility index (Phi) is 45.2. The van der Waals surface area contributed by atoms with Crippen LogP contribution in [0.3, 0.4) is 0 Å². The normalized spacial score (nSPS) is 12.1. The number of hydrogen-bond acceptors (Lipinski definition) is 6. The van der Waals surface area contributed by atoms with Crippen molar-refractivity contribution in [3.05, 3.63) is 0 Å². The van der Waals surface area contributed by atoms with Gasteiger partial charge in [-0.2, -0.15) is 0 Å². The van der Waals surface area contributed by atoms with Gasteiger partial charge in [-0.25, -0.2) is 0 Å². The van der Waals surface area contributed by atoms with Gasteiger partial charge in [-0.3, -0.25) is 14.4 Å². The van der Waals surface area contributed by atoms with Gasteiger partial charge in [0.15, 0.2) is 6.10 Å². The largest absolute Gasteiger partial charge is 0.462 e. The summed E-state index contributed by atoms with van der Waals surface area (Å²) < 4.78 is 16.8. The van der Waals surface area contributed by atoms with Crippen LogP contribution < -0.4 is 0 Å². The van der Waals surface area contributed by atoms with E-state index in [-0.39, 0.29) is 31.1 Å². The fraction of sp³-hybridized carbons (Fsp3) is 0.945. The van der Waals surface area contributed by atoms with Gasteiger partial charge >= 0.3 is 17.9 Å². The number of carbonyl (C=O) groups is 3. The van der Waals surface area contributed by atoms with Gasteiger partial charge in [0.2, 0.25) is 0 Å². The van der Waals surface area contributed by atoms with Crippen molar-refractivity contribution in [1.29, 1.82) is 0 Å². The van der Waals surface area contributed by atoms with Crippen LogP contribution in [0.1, 0.15) is 298 Å². The smallest absolute Gasteiger partial charge is 0.306 e. The number of esters is 3. The first-order valence-corrected chi connectivity index (χ1v) is 27.1. The van der Waals surface area contributed by atoms with E-state index in [1.165, 1.54) is 180 Å². The Labute approximate surface area is 380 Å². The lowest BCUT2D eigenvalue weighted by atomic mass is 10.0. The minimum absolute atomic E-state index is 0.0648. The number of carbonyl (C=O) groups excluding carboxylic acids is 3. The lowest BCUT2D eigenvalue weighted by Crippen LogP contribution is -2.30. The monoisotopic (exact) mass is 863 g/mol. The second kappa shape index (κ2) is 46.4. The summed E-state index contributed by atoms with van der Waals surface area (Å²) in [5.41, 5.74) is 0. The summed E-state index contributed by atoms with van der Waals surface area (Å²) in [5, 5.41) is 0. The van der Waals surface area contributed by atoms with E-state index in [1.54, 1.807) is 0 Å². The highest BCUT2D eigenvalue weighted by atomic mass is 16.6. The Morgan fingerprint density at radius 3 is 0.705 bits per heavy atom. The Morgan fingerprint density at radius 1 is 0.279 bits per heavy atom. The van der Waals surface area contributed by atoms with E-state index < -0.39 is 6.10 Å². The molecule has 0 fully saturated rings. The zero-order valence-corrected chi connectivity index (χ0v) is 42.0. The van der Waals surface area contributed by atoms with Gasteiger partial charge < -0.3 is 14.2 Å². The lowest BCUT2D eigenvalue weighted by molar-refractivity contribution is -0.167. The highest BCUT2D eigenvalue weighted by molar-refractivity contribution is 5.71. The summed E-state index contributed by atoms with van der Waals surface area (Å²) >= 11 is 0. The molecule has 6 nitrogen and oxygen atoms in total. The minimum atomic E-state index is -0.763. The summed E-state index contributed by atoms with van der Waals surface area (Å²) in [6.07, 6.45) is 46.8. The molecule has 0 aromatic carbocycles. The van der Waals surface area contributed by atoms with E-state index in [0.29, 0.717) is 19.3 Å². The molecule has 0 bridgehead atoms. The molecule has 0 aliphatic carbocycles. The van der Waals surface area contributed by atoms with Crippen molar-refractivity contribution in [2.24, 2.45) is 17.8 Å². The van der Waals surface area contributed by atoms with Gasteiger partial charge in [-0.15, -0.1) is 0 Å². The van der Waals surface area contributed by atoms with Gasteiger partial charge in [-0.05, 0) is 37.0 Å². The number of rotatable bonds is 48. The topological polar surface area (TPSA) is 78.9 Å². The molecule has 0 aromatic heterocycles. The van der Waals surface area contributed by atoms with Crippen LogP contribution in [0.15, 0.2) is 0 Å². The summed E-state index contributed by atoms with van der Waals surface area (Å²) in [4.78, 5) is 38.0. The minimum Gasteiger partial charge on any atom is -0.462 e. The van der Waals surface area contributed by atoms with Crippen molar-refractivity contribution in [3.8, 4) is 0 Å². The SMILES string of the molecule is CC(C)CCCCCCCCCCCCCCCCC(=O)OC[C@H](COC(=O)CCCCCCCCC(C)C)OC(=O)CCCCCCCCCCCCCCCCC(C)C. The zero-order valence-electron chi connectivity index (χ0n) is 42.0. The summed E-state index contributed by atoms with van der Waals surface area (Å²) in [5.74, 6) is 1.60. The molecule has 362 valence electrons. The third-order valence-electron chi connectivity index (χ3n) is 12.4. The van der Waals surface area contributed by atoms with Gasteiger partial charge in [0.05, 0.1) is 0 Å². The maximum absolute atomic E-state index is 12.8. The number of hydrogen-bond donors (Lipinski definition) is 0. The first-order chi connectivity index (χ1) is 29.6. The van der Waals surface area contributed by atoms with Crippen LogP contribution in [0.25, 0.3) is 0 Å². The van der Waals surface area contributed by atoms with E-state index >= 15 is 0 Å².